The highest BCUT2D eigenvalue weighted by Crippen LogP contribution is 2.55. The second-order valence-corrected chi connectivity index (χ2v) is 10.3. The maximum Gasteiger partial charge on any atom is 0.235 e. The van der Waals surface area contributed by atoms with E-state index in [1.807, 2.05) is 13.0 Å². The molecule has 0 bridgehead atoms. The van der Waals surface area contributed by atoms with Gasteiger partial charge in [-0.1, -0.05) is 44.1 Å². The molecule has 31 heavy (non-hydrogen) atoms. The highest BCUT2D eigenvalue weighted by Gasteiger charge is 2.65. The maximum atomic E-state index is 14.0. The zero-order valence-corrected chi connectivity index (χ0v) is 19.7. The maximum absolute atomic E-state index is 14.0. The molecule has 2 aliphatic carbocycles. The molecule has 0 radical (unpaired) electrons. The summed E-state index contributed by atoms with van der Waals surface area (Å²) in [5.74, 6) is -0.445. The van der Waals surface area contributed by atoms with Gasteiger partial charge in [-0.25, -0.2) is 0 Å². The third-order valence-electron chi connectivity index (χ3n) is 7.83. The molecule has 0 aromatic rings. The first kappa shape index (κ1) is 24.1. The standard InChI is InChI=1S/C25H39NO5/c1-13(2)9-18-22-16(5)15(4)11-17-10-14(3)7-8-19(27)23(29)20(31-6)12-21(28)25(17,22)24(30)26-18/h10-11,13,16-20,22-23,27,29H,7-9,12H2,1-6H3,(H,26,30)/t16-,17+,18+,19-,20-,22+,23-,25-/m1/s1. The summed E-state index contributed by atoms with van der Waals surface area (Å²) in [6.45, 7) is 10.4. The summed E-state index contributed by atoms with van der Waals surface area (Å²) in [5, 5.41) is 24.3. The summed E-state index contributed by atoms with van der Waals surface area (Å²) >= 11 is 0. The fourth-order valence-electron chi connectivity index (χ4n) is 6.08. The van der Waals surface area contributed by atoms with Gasteiger partial charge in [-0.2, -0.15) is 0 Å². The van der Waals surface area contributed by atoms with Crippen molar-refractivity contribution in [1.29, 1.82) is 0 Å². The van der Waals surface area contributed by atoms with E-state index < -0.39 is 23.7 Å². The van der Waals surface area contributed by atoms with Crippen molar-refractivity contribution in [3.8, 4) is 0 Å². The minimum Gasteiger partial charge on any atom is -0.390 e. The van der Waals surface area contributed by atoms with Crippen LogP contribution in [0.2, 0.25) is 0 Å². The van der Waals surface area contributed by atoms with Gasteiger partial charge in [-0.3, -0.25) is 9.59 Å². The number of carbonyl (C=O) groups excluding carboxylic acids is 2. The van der Waals surface area contributed by atoms with Crippen LogP contribution in [0.4, 0.5) is 0 Å². The molecular weight excluding hydrogens is 394 g/mol. The van der Waals surface area contributed by atoms with E-state index >= 15 is 0 Å². The Balaban J connectivity index is 2.19. The fraction of sp³-hybridized carbons (Fsp3) is 0.760. The normalized spacial score (nSPS) is 41.6. The smallest absolute Gasteiger partial charge is 0.235 e. The Labute approximate surface area is 186 Å². The first-order chi connectivity index (χ1) is 14.5. The van der Waals surface area contributed by atoms with Crippen molar-refractivity contribution in [3.63, 3.8) is 0 Å². The number of amides is 1. The van der Waals surface area contributed by atoms with E-state index in [-0.39, 0.29) is 41.9 Å². The van der Waals surface area contributed by atoms with Crippen LogP contribution in [0.5, 0.6) is 0 Å². The van der Waals surface area contributed by atoms with Gasteiger partial charge in [0.05, 0.1) is 12.2 Å². The van der Waals surface area contributed by atoms with E-state index in [1.54, 1.807) is 0 Å². The zero-order chi connectivity index (χ0) is 23.1. The van der Waals surface area contributed by atoms with Gasteiger partial charge in [0.25, 0.3) is 0 Å². The molecule has 0 aromatic heterocycles. The second kappa shape index (κ2) is 9.16. The van der Waals surface area contributed by atoms with Crippen molar-refractivity contribution in [2.24, 2.45) is 29.1 Å². The van der Waals surface area contributed by atoms with Gasteiger partial charge in [-0.15, -0.1) is 0 Å². The van der Waals surface area contributed by atoms with Gasteiger partial charge >= 0.3 is 0 Å². The molecule has 1 amide bonds. The first-order valence-corrected chi connectivity index (χ1v) is 11.6. The van der Waals surface area contributed by atoms with Crippen LogP contribution in [-0.2, 0) is 14.3 Å². The Morgan fingerprint density at radius 2 is 1.90 bits per heavy atom. The van der Waals surface area contributed by atoms with Crippen LogP contribution in [0.25, 0.3) is 0 Å². The average molecular weight is 434 g/mol. The summed E-state index contributed by atoms with van der Waals surface area (Å²) in [6.07, 6.45) is 2.79. The summed E-state index contributed by atoms with van der Waals surface area (Å²) in [6, 6.07) is -0.0760. The Bertz CT molecular complexity index is 772. The molecule has 1 saturated heterocycles. The third-order valence-corrected chi connectivity index (χ3v) is 7.83. The summed E-state index contributed by atoms with van der Waals surface area (Å²) in [5.41, 5.74) is 0.994. The molecule has 3 aliphatic rings. The fourth-order valence-corrected chi connectivity index (χ4v) is 6.08. The molecule has 1 spiro atoms. The van der Waals surface area contributed by atoms with Gasteiger partial charge in [0.1, 0.15) is 11.5 Å². The minimum atomic E-state index is -1.22. The number of ketones is 1. The molecule has 0 saturated carbocycles. The molecule has 6 heteroatoms. The molecule has 1 fully saturated rings. The molecule has 6 nitrogen and oxygen atoms in total. The number of methoxy groups -OCH3 is 1. The number of Topliss-reactive ketones (excluding diaryl/α,β-unsaturated/α-hetero) is 1. The monoisotopic (exact) mass is 433 g/mol. The van der Waals surface area contributed by atoms with Crippen LogP contribution in [0, 0.1) is 29.1 Å². The largest absolute Gasteiger partial charge is 0.390 e. The number of nitrogens with one attached hydrogen (secondary N) is 1. The summed E-state index contributed by atoms with van der Waals surface area (Å²) < 4.78 is 5.45. The predicted octanol–water partition coefficient (Wildman–Crippen LogP) is 2.78. The molecule has 1 heterocycles. The lowest BCUT2D eigenvalue weighted by molar-refractivity contribution is -0.149. The van der Waals surface area contributed by atoms with E-state index in [0.29, 0.717) is 18.8 Å². The second-order valence-electron chi connectivity index (χ2n) is 10.3. The predicted molar refractivity (Wildman–Crippen MR) is 119 cm³/mol. The molecule has 1 aliphatic heterocycles. The number of carbonyl (C=O) groups is 2. The lowest BCUT2D eigenvalue weighted by Crippen LogP contribution is -2.54. The van der Waals surface area contributed by atoms with Crippen LogP contribution in [0.1, 0.15) is 60.3 Å². The number of hydrogen-bond acceptors (Lipinski definition) is 5. The SMILES string of the molecule is CO[C@@H]1CC(=O)[C@@]23C(=O)N[C@@H](CC(C)C)[C@@H]2[C@H](C)C(C)=C[C@@H]3C=C(C)CC[C@@H](O)[C@H]1O. The highest BCUT2D eigenvalue weighted by atomic mass is 16.5. The minimum absolute atomic E-state index is 0.0760. The van der Waals surface area contributed by atoms with Crippen molar-refractivity contribution in [3.05, 3.63) is 23.3 Å². The van der Waals surface area contributed by atoms with Crippen molar-refractivity contribution < 1.29 is 24.5 Å². The summed E-state index contributed by atoms with van der Waals surface area (Å²) in [4.78, 5) is 27.7. The quantitative estimate of drug-likeness (QED) is 0.470. The average Bonchev–Trinajstić information content (AvgIpc) is 2.98. The zero-order valence-electron chi connectivity index (χ0n) is 19.7. The van der Waals surface area contributed by atoms with Crippen LogP contribution >= 0.6 is 0 Å². The van der Waals surface area contributed by atoms with Crippen LogP contribution in [0.15, 0.2) is 23.3 Å². The van der Waals surface area contributed by atoms with Crippen molar-refractivity contribution in [2.75, 3.05) is 7.11 Å². The van der Waals surface area contributed by atoms with Gasteiger partial charge in [0.15, 0.2) is 5.78 Å². The Morgan fingerprint density at radius 3 is 2.52 bits per heavy atom. The number of ether oxygens (including phenoxy) is 1. The first-order valence-electron chi connectivity index (χ1n) is 11.6. The molecule has 174 valence electrons. The van der Waals surface area contributed by atoms with Gasteiger partial charge in [0, 0.05) is 31.4 Å². The number of hydrogen-bond donors (Lipinski definition) is 3. The van der Waals surface area contributed by atoms with Crippen LogP contribution < -0.4 is 5.32 Å². The van der Waals surface area contributed by atoms with E-state index in [4.69, 9.17) is 4.74 Å². The molecule has 0 unspecified atom stereocenters. The Kier molecular flexibility index (Phi) is 7.14. The number of rotatable bonds is 3. The van der Waals surface area contributed by atoms with Gasteiger partial charge in [0.2, 0.25) is 5.91 Å². The molecule has 3 N–H and O–H groups in total. The number of allylic oxidation sites excluding steroid dienone is 4. The van der Waals surface area contributed by atoms with Crippen LogP contribution in [-0.4, -0.2) is 53.4 Å². The van der Waals surface area contributed by atoms with Crippen LogP contribution in [0.3, 0.4) is 0 Å². The van der Waals surface area contributed by atoms with E-state index in [1.165, 1.54) is 12.7 Å². The van der Waals surface area contributed by atoms with Crippen molar-refractivity contribution in [2.45, 2.75) is 84.7 Å². The number of aliphatic hydroxyl groups is 2. The lowest BCUT2D eigenvalue weighted by atomic mass is 9.54. The molecule has 0 aromatic carbocycles. The number of aliphatic hydroxyl groups excluding tert-OH is 2. The van der Waals surface area contributed by atoms with E-state index in [0.717, 1.165) is 12.0 Å². The van der Waals surface area contributed by atoms with E-state index in [2.05, 4.69) is 39.1 Å². The lowest BCUT2D eigenvalue weighted by Gasteiger charge is -2.45. The third kappa shape index (κ3) is 4.14. The molecular formula is C25H39NO5. The van der Waals surface area contributed by atoms with Gasteiger partial charge < -0.3 is 20.3 Å². The Hall–Kier alpha value is -1.50. The van der Waals surface area contributed by atoms with E-state index in [9.17, 15) is 19.8 Å². The topological polar surface area (TPSA) is 95.9 Å². The summed E-state index contributed by atoms with van der Waals surface area (Å²) in [7, 11) is 1.44. The Morgan fingerprint density at radius 1 is 1.23 bits per heavy atom. The molecule has 8 atom stereocenters. The highest BCUT2D eigenvalue weighted by molar-refractivity contribution is 6.09. The van der Waals surface area contributed by atoms with Crippen molar-refractivity contribution in [1.82, 2.24) is 5.32 Å². The molecule has 3 rings (SSSR count). The van der Waals surface area contributed by atoms with Gasteiger partial charge in [-0.05, 0) is 44.9 Å². The van der Waals surface area contributed by atoms with Crippen molar-refractivity contribution >= 4 is 11.7 Å².